The number of carbonyl (C=O) groups is 1. The highest BCUT2D eigenvalue weighted by atomic mass is 16.8. The van der Waals surface area contributed by atoms with Gasteiger partial charge in [0.25, 0.3) is 5.56 Å². The molecule has 1 unspecified atom stereocenters. The third kappa shape index (κ3) is 2.97. The van der Waals surface area contributed by atoms with E-state index in [1.54, 1.807) is 6.92 Å². The molecule has 9 heteroatoms. The summed E-state index contributed by atoms with van der Waals surface area (Å²) in [7, 11) is 0. The minimum absolute atomic E-state index is 0.0852. The number of rotatable bonds is 6. The van der Waals surface area contributed by atoms with Gasteiger partial charge < -0.3 is 15.1 Å². The first-order valence-corrected chi connectivity index (χ1v) is 6.82. The molecule has 0 radical (unpaired) electrons. The minimum atomic E-state index is -0.520. The Bertz CT molecular complexity index is 736. The van der Waals surface area contributed by atoms with Crippen molar-refractivity contribution in [2.45, 2.75) is 39.8 Å². The van der Waals surface area contributed by atoms with Gasteiger partial charge in [-0.05, 0) is 18.2 Å². The van der Waals surface area contributed by atoms with E-state index in [-0.39, 0.29) is 23.0 Å². The monoisotopic (exact) mass is 307 g/mol. The Morgan fingerprint density at radius 2 is 2.32 bits per heavy atom. The lowest BCUT2D eigenvalue weighted by atomic mass is 10.1. The van der Waals surface area contributed by atoms with Gasteiger partial charge in [0.2, 0.25) is 5.69 Å². The molecular formula is C13H17N5O4. The summed E-state index contributed by atoms with van der Waals surface area (Å²) in [5, 5.41) is 17.5. The topological polar surface area (TPSA) is 117 Å². The molecule has 2 aromatic rings. The van der Waals surface area contributed by atoms with Crippen molar-refractivity contribution in [3.63, 3.8) is 0 Å². The zero-order valence-electron chi connectivity index (χ0n) is 12.6. The van der Waals surface area contributed by atoms with E-state index < -0.39 is 11.6 Å². The predicted octanol–water partition coefficient (Wildman–Crippen LogP) is 0.325. The maximum Gasteiger partial charge on any atom is 0.293 e. The first kappa shape index (κ1) is 15.7. The van der Waals surface area contributed by atoms with Gasteiger partial charge >= 0.3 is 0 Å². The number of nitrogens with one attached hydrogen (secondary N) is 1. The third-order valence-corrected chi connectivity index (χ3v) is 3.40. The molecule has 2 rings (SSSR count). The van der Waals surface area contributed by atoms with Crippen molar-refractivity contribution >= 4 is 11.6 Å². The summed E-state index contributed by atoms with van der Waals surface area (Å²) in [5.41, 5.74) is 0.282. The Morgan fingerprint density at radius 3 is 2.86 bits per heavy atom. The van der Waals surface area contributed by atoms with Crippen LogP contribution >= 0.6 is 0 Å². The molecule has 1 N–H and O–H groups in total. The van der Waals surface area contributed by atoms with Gasteiger partial charge in [0.15, 0.2) is 17.3 Å². The van der Waals surface area contributed by atoms with Crippen molar-refractivity contribution < 1.29 is 14.3 Å². The van der Waals surface area contributed by atoms with Crippen LogP contribution in [-0.2, 0) is 11.3 Å². The number of carbonyl (C=O) groups excluding carboxylic acids is 1. The second-order valence-electron chi connectivity index (χ2n) is 4.84. The van der Waals surface area contributed by atoms with Gasteiger partial charge in [0.05, 0.1) is 12.6 Å². The molecule has 0 fully saturated rings. The molecule has 0 amide bonds. The highest BCUT2D eigenvalue weighted by molar-refractivity contribution is 5.79. The first-order chi connectivity index (χ1) is 10.5. The molecule has 0 saturated heterocycles. The van der Waals surface area contributed by atoms with Crippen LogP contribution in [0.2, 0.25) is 0 Å². The maximum absolute atomic E-state index is 12.4. The molecule has 2 heterocycles. The van der Waals surface area contributed by atoms with Crippen LogP contribution in [0.3, 0.4) is 0 Å². The number of Topliss-reactive ketones (excluding diaryl/α,β-unsaturated/α-hetero) is 1. The van der Waals surface area contributed by atoms with Gasteiger partial charge in [-0.1, -0.05) is 6.92 Å². The molecule has 0 aromatic carbocycles. The van der Waals surface area contributed by atoms with Crippen LogP contribution in [0, 0.1) is 12.1 Å². The number of anilines is 1. The standard InChI is InChI=1S/C13H17N5O4/c1-4-11(9(3)19)17-6-5-14-12(13(17)20)15-7-10-8(2)18(21)22-16-10/h5-6,11H,4,7H2,1-3H3,(H,14,15). The average Bonchev–Trinajstić information content (AvgIpc) is 2.80. The predicted molar refractivity (Wildman–Crippen MR) is 76.0 cm³/mol. The number of hydrogen-bond acceptors (Lipinski definition) is 7. The van der Waals surface area contributed by atoms with Crippen LogP contribution in [0.15, 0.2) is 21.8 Å². The van der Waals surface area contributed by atoms with Crippen LogP contribution in [0.25, 0.3) is 0 Å². The van der Waals surface area contributed by atoms with E-state index in [9.17, 15) is 14.8 Å². The average molecular weight is 307 g/mol. The Labute approximate surface area is 126 Å². The molecule has 22 heavy (non-hydrogen) atoms. The second kappa shape index (κ2) is 6.37. The molecular weight excluding hydrogens is 290 g/mol. The van der Waals surface area contributed by atoms with Crippen molar-refractivity contribution in [1.82, 2.24) is 14.7 Å². The maximum atomic E-state index is 12.4. The molecule has 0 spiro atoms. The lowest BCUT2D eigenvalue weighted by Gasteiger charge is -2.15. The van der Waals surface area contributed by atoms with Crippen molar-refractivity contribution in [3.05, 3.63) is 39.3 Å². The van der Waals surface area contributed by atoms with E-state index in [1.165, 1.54) is 23.9 Å². The van der Waals surface area contributed by atoms with E-state index in [1.807, 2.05) is 6.92 Å². The fraction of sp³-hybridized carbons (Fsp3) is 0.462. The van der Waals surface area contributed by atoms with Crippen LogP contribution in [-0.4, -0.2) is 20.5 Å². The Morgan fingerprint density at radius 1 is 1.59 bits per heavy atom. The van der Waals surface area contributed by atoms with E-state index in [4.69, 9.17) is 0 Å². The van der Waals surface area contributed by atoms with Crippen LogP contribution in [0.5, 0.6) is 0 Å². The first-order valence-electron chi connectivity index (χ1n) is 6.82. The number of ketones is 1. The fourth-order valence-electron chi connectivity index (χ4n) is 2.12. The minimum Gasteiger partial charge on any atom is -0.359 e. The van der Waals surface area contributed by atoms with Crippen LogP contribution < -0.4 is 15.8 Å². The fourth-order valence-corrected chi connectivity index (χ4v) is 2.12. The van der Waals surface area contributed by atoms with Crippen molar-refractivity contribution in [3.8, 4) is 0 Å². The van der Waals surface area contributed by atoms with E-state index >= 15 is 0 Å². The number of hydrogen-bond donors (Lipinski definition) is 1. The summed E-state index contributed by atoms with van der Waals surface area (Å²) >= 11 is 0. The summed E-state index contributed by atoms with van der Waals surface area (Å²) in [5.74, 6) is -0.0106. The zero-order valence-corrected chi connectivity index (χ0v) is 12.6. The van der Waals surface area contributed by atoms with Gasteiger partial charge in [0, 0.05) is 24.5 Å². The summed E-state index contributed by atoms with van der Waals surface area (Å²) in [6.45, 7) is 4.95. The molecule has 0 aliphatic heterocycles. The van der Waals surface area contributed by atoms with Crippen LogP contribution in [0.1, 0.15) is 37.7 Å². The number of nitrogens with zero attached hydrogens (tertiary/aromatic N) is 4. The van der Waals surface area contributed by atoms with Gasteiger partial charge in [-0.3, -0.25) is 14.2 Å². The molecule has 2 aromatic heterocycles. The van der Waals surface area contributed by atoms with Gasteiger partial charge in [-0.25, -0.2) is 4.98 Å². The third-order valence-electron chi connectivity index (χ3n) is 3.40. The smallest absolute Gasteiger partial charge is 0.293 e. The lowest BCUT2D eigenvalue weighted by Crippen LogP contribution is -2.30. The number of aromatic nitrogens is 4. The highest BCUT2D eigenvalue weighted by Gasteiger charge is 2.18. The summed E-state index contributed by atoms with van der Waals surface area (Å²) in [6, 6.07) is -0.520. The molecule has 0 aliphatic carbocycles. The Hall–Kier alpha value is -2.71. The van der Waals surface area contributed by atoms with Crippen LogP contribution in [0.4, 0.5) is 5.82 Å². The highest BCUT2D eigenvalue weighted by Crippen LogP contribution is 2.10. The summed E-state index contributed by atoms with van der Waals surface area (Å²) in [6.07, 6.45) is 3.44. The molecule has 0 bridgehead atoms. The quantitative estimate of drug-likeness (QED) is 0.764. The molecule has 9 nitrogen and oxygen atoms in total. The Balaban J connectivity index is 2.24. The Kier molecular flexibility index (Phi) is 4.54. The lowest BCUT2D eigenvalue weighted by molar-refractivity contribution is -0.806. The molecule has 0 saturated carbocycles. The SMILES string of the molecule is CCC(C(C)=O)n1ccnc(NCc2no[n+]([O-])c2C)c1=O. The zero-order chi connectivity index (χ0) is 16.3. The van der Waals surface area contributed by atoms with Crippen molar-refractivity contribution in [1.29, 1.82) is 0 Å². The normalized spacial score (nSPS) is 12.1. The van der Waals surface area contributed by atoms with Gasteiger partial charge in [0.1, 0.15) is 0 Å². The van der Waals surface area contributed by atoms with Gasteiger partial charge in [-0.15, -0.1) is 0 Å². The van der Waals surface area contributed by atoms with E-state index in [0.29, 0.717) is 17.8 Å². The summed E-state index contributed by atoms with van der Waals surface area (Å²) < 4.78 is 5.80. The van der Waals surface area contributed by atoms with E-state index in [0.717, 1.165) is 0 Å². The summed E-state index contributed by atoms with van der Waals surface area (Å²) in [4.78, 5) is 28.2. The van der Waals surface area contributed by atoms with Gasteiger partial charge in [-0.2, -0.15) is 0 Å². The second-order valence-corrected chi connectivity index (χ2v) is 4.84. The van der Waals surface area contributed by atoms with Crippen molar-refractivity contribution in [2.24, 2.45) is 0 Å². The molecule has 118 valence electrons. The molecule has 0 aliphatic rings. The van der Waals surface area contributed by atoms with E-state index in [2.05, 4.69) is 20.1 Å². The molecule has 1 atom stereocenters. The van der Waals surface area contributed by atoms with Crippen molar-refractivity contribution in [2.75, 3.05) is 5.32 Å². The largest absolute Gasteiger partial charge is 0.359 e.